The van der Waals surface area contributed by atoms with Gasteiger partial charge >= 0.3 is 12.2 Å². The van der Waals surface area contributed by atoms with Crippen LogP contribution in [-0.4, -0.2) is 58.9 Å². The molecule has 1 aliphatic heterocycles. The lowest BCUT2D eigenvalue weighted by molar-refractivity contribution is -0.00790. The molecule has 2 amide bonds. The van der Waals surface area contributed by atoms with Crippen molar-refractivity contribution < 1.29 is 19.1 Å². The second-order valence-electron chi connectivity index (χ2n) is 7.24. The van der Waals surface area contributed by atoms with Gasteiger partial charge in [-0.15, -0.1) is 0 Å². The number of nitriles is 1. The molecule has 1 atom stereocenters. The van der Waals surface area contributed by atoms with E-state index in [1.165, 1.54) is 9.80 Å². The van der Waals surface area contributed by atoms with E-state index in [2.05, 4.69) is 0 Å². The third kappa shape index (κ3) is 5.43. The van der Waals surface area contributed by atoms with Crippen LogP contribution in [0.3, 0.4) is 0 Å². The van der Waals surface area contributed by atoms with Crippen LogP contribution in [0.5, 0.6) is 0 Å². The lowest BCUT2D eigenvalue weighted by Gasteiger charge is -2.39. The molecule has 0 saturated carbocycles. The summed E-state index contributed by atoms with van der Waals surface area (Å²) < 4.78 is 10.6. The smallest absolute Gasteiger partial charge is 0.411 e. The van der Waals surface area contributed by atoms with Crippen molar-refractivity contribution in [1.82, 2.24) is 9.80 Å². The Morgan fingerprint density at radius 2 is 1.50 bits per heavy atom. The first kappa shape index (κ1) is 18.1. The summed E-state index contributed by atoms with van der Waals surface area (Å²) in [5.41, 5.74) is -1.22. The topological polar surface area (TPSA) is 82.9 Å². The van der Waals surface area contributed by atoms with Crippen molar-refractivity contribution in [2.45, 2.75) is 58.8 Å². The molecule has 0 bridgehead atoms. The predicted molar refractivity (Wildman–Crippen MR) is 80.1 cm³/mol. The van der Waals surface area contributed by atoms with E-state index in [9.17, 15) is 14.9 Å². The molecule has 0 aliphatic carbocycles. The number of hydrogen-bond donors (Lipinski definition) is 0. The van der Waals surface area contributed by atoms with E-state index in [0.29, 0.717) is 6.54 Å². The highest BCUT2D eigenvalue weighted by atomic mass is 16.6. The van der Waals surface area contributed by atoms with Crippen LogP contribution in [0, 0.1) is 11.3 Å². The van der Waals surface area contributed by atoms with Crippen LogP contribution in [0.2, 0.25) is 0 Å². The van der Waals surface area contributed by atoms with Crippen molar-refractivity contribution in [2.24, 2.45) is 0 Å². The Morgan fingerprint density at radius 3 is 1.95 bits per heavy atom. The maximum Gasteiger partial charge on any atom is 0.411 e. The van der Waals surface area contributed by atoms with E-state index in [4.69, 9.17) is 9.47 Å². The zero-order valence-corrected chi connectivity index (χ0v) is 14.2. The van der Waals surface area contributed by atoms with Gasteiger partial charge in [-0.3, -0.25) is 4.90 Å². The van der Waals surface area contributed by atoms with E-state index in [0.717, 1.165) is 0 Å². The van der Waals surface area contributed by atoms with Gasteiger partial charge in [-0.2, -0.15) is 5.26 Å². The van der Waals surface area contributed by atoms with E-state index in [1.54, 1.807) is 41.5 Å². The molecular formula is C15H25N3O4. The normalized spacial score (nSPS) is 19.4. The number of amides is 2. The zero-order chi connectivity index (χ0) is 17.1. The van der Waals surface area contributed by atoms with Crippen molar-refractivity contribution in [3.05, 3.63) is 0 Å². The molecule has 124 valence electrons. The van der Waals surface area contributed by atoms with E-state index in [-0.39, 0.29) is 13.1 Å². The van der Waals surface area contributed by atoms with Gasteiger partial charge in [0.15, 0.2) is 0 Å². The van der Waals surface area contributed by atoms with E-state index < -0.39 is 29.4 Å². The highest BCUT2D eigenvalue weighted by Crippen LogP contribution is 2.17. The number of piperazine rings is 1. The SMILES string of the molecule is CC(C)(C)OC(=O)N1CCN(C(=O)OC(C)(C)C)[C@@H](C#N)C1. The Bertz CT molecular complexity index is 471. The van der Waals surface area contributed by atoms with Gasteiger partial charge in [-0.25, -0.2) is 9.59 Å². The van der Waals surface area contributed by atoms with Crippen LogP contribution >= 0.6 is 0 Å². The minimum atomic E-state index is -0.740. The van der Waals surface area contributed by atoms with Crippen LogP contribution in [0.4, 0.5) is 9.59 Å². The van der Waals surface area contributed by atoms with Gasteiger partial charge < -0.3 is 14.4 Å². The van der Waals surface area contributed by atoms with Gasteiger partial charge in [0.25, 0.3) is 0 Å². The summed E-state index contributed by atoms with van der Waals surface area (Å²) in [5, 5.41) is 9.26. The molecule has 0 aromatic carbocycles. The molecule has 0 unspecified atom stereocenters. The van der Waals surface area contributed by atoms with E-state index >= 15 is 0 Å². The Hall–Kier alpha value is -1.97. The first-order chi connectivity index (χ1) is 9.93. The molecular weight excluding hydrogens is 286 g/mol. The van der Waals surface area contributed by atoms with Crippen molar-refractivity contribution in [3.63, 3.8) is 0 Å². The average Bonchev–Trinajstić information content (AvgIpc) is 2.33. The first-order valence-corrected chi connectivity index (χ1v) is 7.30. The quantitative estimate of drug-likeness (QED) is 0.686. The summed E-state index contributed by atoms with van der Waals surface area (Å²) in [6, 6.07) is 1.30. The number of carbonyl (C=O) groups excluding carboxylic acids is 2. The Balaban J connectivity index is 2.71. The van der Waals surface area contributed by atoms with Gasteiger partial charge in [-0.05, 0) is 41.5 Å². The monoisotopic (exact) mass is 311 g/mol. The molecule has 1 aliphatic rings. The Kier molecular flexibility index (Phi) is 5.28. The molecule has 0 radical (unpaired) electrons. The Morgan fingerprint density at radius 1 is 1.00 bits per heavy atom. The second-order valence-corrected chi connectivity index (χ2v) is 7.24. The maximum absolute atomic E-state index is 12.1. The van der Waals surface area contributed by atoms with E-state index in [1.807, 2.05) is 6.07 Å². The number of ether oxygens (including phenoxy) is 2. The molecule has 1 saturated heterocycles. The zero-order valence-electron chi connectivity index (χ0n) is 14.2. The van der Waals surface area contributed by atoms with Crippen LogP contribution in [0.15, 0.2) is 0 Å². The molecule has 7 nitrogen and oxygen atoms in total. The summed E-state index contributed by atoms with van der Waals surface area (Å²) in [6.07, 6.45) is -1.01. The maximum atomic E-state index is 12.1. The van der Waals surface area contributed by atoms with Gasteiger partial charge in [0.05, 0.1) is 12.6 Å². The summed E-state index contributed by atoms with van der Waals surface area (Å²) >= 11 is 0. The number of rotatable bonds is 0. The molecule has 0 aromatic heterocycles. The van der Waals surface area contributed by atoms with Crippen LogP contribution in [0.1, 0.15) is 41.5 Å². The minimum Gasteiger partial charge on any atom is -0.444 e. The molecule has 1 fully saturated rings. The van der Waals surface area contributed by atoms with Crippen LogP contribution < -0.4 is 0 Å². The lowest BCUT2D eigenvalue weighted by Crippen LogP contribution is -2.57. The minimum absolute atomic E-state index is 0.116. The molecule has 0 aromatic rings. The lowest BCUT2D eigenvalue weighted by atomic mass is 10.2. The molecule has 22 heavy (non-hydrogen) atoms. The largest absolute Gasteiger partial charge is 0.444 e. The highest BCUT2D eigenvalue weighted by Gasteiger charge is 2.36. The molecule has 1 rings (SSSR count). The fraction of sp³-hybridized carbons (Fsp3) is 0.800. The molecule has 1 heterocycles. The fourth-order valence-electron chi connectivity index (χ4n) is 1.92. The molecule has 0 spiro atoms. The van der Waals surface area contributed by atoms with Crippen molar-refractivity contribution in [1.29, 1.82) is 5.26 Å². The number of nitrogens with zero attached hydrogens (tertiary/aromatic N) is 3. The second kappa shape index (κ2) is 6.42. The average molecular weight is 311 g/mol. The molecule has 0 N–H and O–H groups in total. The third-order valence-electron chi connectivity index (χ3n) is 2.81. The standard InChI is InChI=1S/C15H25N3O4/c1-14(2,3)21-12(19)17-7-8-18(11(9-16)10-17)13(20)22-15(4,5)6/h11H,7-8,10H2,1-6H3/t11-/m0/s1. The first-order valence-electron chi connectivity index (χ1n) is 7.30. The van der Waals surface area contributed by atoms with Gasteiger partial charge in [0.1, 0.15) is 17.2 Å². The highest BCUT2D eigenvalue weighted by molar-refractivity contribution is 5.71. The molecule has 7 heteroatoms. The van der Waals surface area contributed by atoms with Crippen LogP contribution in [-0.2, 0) is 9.47 Å². The summed E-state index contributed by atoms with van der Waals surface area (Å²) in [6.45, 7) is 11.3. The fourth-order valence-corrected chi connectivity index (χ4v) is 1.92. The Labute approximate surface area is 131 Å². The predicted octanol–water partition coefficient (Wildman–Crippen LogP) is 2.37. The third-order valence-corrected chi connectivity index (χ3v) is 2.81. The van der Waals surface area contributed by atoms with Gasteiger partial charge in [-0.1, -0.05) is 0 Å². The number of carbonyl (C=O) groups is 2. The van der Waals surface area contributed by atoms with Crippen LogP contribution in [0.25, 0.3) is 0 Å². The summed E-state index contributed by atoms with van der Waals surface area (Å²) in [5.74, 6) is 0. The summed E-state index contributed by atoms with van der Waals surface area (Å²) in [4.78, 5) is 26.9. The number of hydrogen-bond acceptors (Lipinski definition) is 5. The van der Waals surface area contributed by atoms with Crippen molar-refractivity contribution in [2.75, 3.05) is 19.6 Å². The van der Waals surface area contributed by atoms with Crippen molar-refractivity contribution >= 4 is 12.2 Å². The van der Waals surface area contributed by atoms with Gasteiger partial charge in [0, 0.05) is 13.1 Å². The van der Waals surface area contributed by atoms with Crippen molar-refractivity contribution in [3.8, 4) is 6.07 Å². The van der Waals surface area contributed by atoms with Gasteiger partial charge in [0.2, 0.25) is 0 Å². The summed E-state index contributed by atoms with van der Waals surface area (Å²) in [7, 11) is 0.